The number of ether oxygens (including phenoxy) is 1. The first-order valence-corrected chi connectivity index (χ1v) is 7.64. The molecule has 0 fully saturated rings. The lowest BCUT2D eigenvalue weighted by Gasteiger charge is -2.07. The standard InChI is InChI=1S/C19H19N3O2/c1-13-11-14(9-10-18(13)24-3)17-12-16(21-22(17)2)19(23)20-15-7-5-4-6-8-15/h4-12H,1-3H3,(H,20,23). The first-order chi connectivity index (χ1) is 11.6. The summed E-state index contributed by atoms with van der Waals surface area (Å²) in [6.07, 6.45) is 0. The van der Waals surface area contributed by atoms with Crippen molar-refractivity contribution >= 4 is 11.6 Å². The van der Waals surface area contributed by atoms with Crippen LogP contribution in [0.25, 0.3) is 11.3 Å². The largest absolute Gasteiger partial charge is 0.496 e. The van der Waals surface area contributed by atoms with Gasteiger partial charge in [-0.2, -0.15) is 5.10 Å². The molecule has 3 rings (SSSR count). The first kappa shape index (κ1) is 15.8. The lowest BCUT2D eigenvalue weighted by atomic mass is 10.1. The minimum atomic E-state index is -0.228. The summed E-state index contributed by atoms with van der Waals surface area (Å²) in [4.78, 5) is 12.4. The number of aryl methyl sites for hydroxylation is 2. The van der Waals surface area contributed by atoms with Gasteiger partial charge in [0, 0.05) is 18.3 Å². The number of benzene rings is 2. The van der Waals surface area contributed by atoms with Gasteiger partial charge in [-0.15, -0.1) is 0 Å². The monoisotopic (exact) mass is 321 g/mol. The van der Waals surface area contributed by atoms with E-state index in [0.29, 0.717) is 5.69 Å². The summed E-state index contributed by atoms with van der Waals surface area (Å²) < 4.78 is 7.00. The summed E-state index contributed by atoms with van der Waals surface area (Å²) >= 11 is 0. The number of carbonyl (C=O) groups is 1. The maximum absolute atomic E-state index is 12.4. The molecule has 0 saturated heterocycles. The van der Waals surface area contributed by atoms with Gasteiger partial charge < -0.3 is 10.1 Å². The van der Waals surface area contributed by atoms with E-state index in [1.54, 1.807) is 17.9 Å². The number of para-hydroxylation sites is 1. The molecule has 0 aliphatic rings. The SMILES string of the molecule is COc1ccc(-c2cc(C(=O)Nc3ccccc3)nn2C)cc1C. The van der Waals surface area contributed by atoms with E-state index in [1.165, 1.54) is 0 Å². The molecule has 2 aromatic carbocycles. The number of anilines is 1. The second kappa shape index (κ2) is 6.58. The Hall–Kier alpha value is -3.08. The van der Waals surface area contributed by atoms with E-state index in [9.17, 15) is 4.79 Å². The quantitative estimate of drug-likeness (QED) is 0.798. The summed E-state index contributed by atoms with van der Waals surface area (Å²) in [7, 11) is 3.48. The summed E-state index contributed by atoms with van der Waals surface area (Å²) in [5, 5.41) is 7.17. The number of nitrogens with zero attached hydrogens (tertiary/aromatic N) is 2. The number of carbonyl (C=O) groups excluding carboxylic acids is 1. The molecule has 0 bridgehead atoms. The van der Waals surface area contributed by atoms with Crippen LogP contribution in [0.2, 0.25) is 0 Å². The van der Waals surface area contributed by atoms with Crippen LogP contribution in [-0.4, -0.2) is 22.8 Å². The smallest absolute Gasteiger partial charge is 0.276 e. The molecular formula is C19H19N3O2. The average molecular weight is 321 g/mol. The van der Waals surface area contributed by atoms with Gasteiger partial charge >= 0.3 is 0 Å². The maximum atomic E-state index is 12.4. The fourth-order valence-corrected chi connectivity index (χ4v) is 2.60. The highest BCUT2D eigenvalue weighted by Gasteiger charge is 2.14. The van der Waals surface area contributed by atoms with Crippen molar-refractivity contribution < 1.29 is 9.53 Å². The molecular weight excluding hydrogens is 302 g/mol. The van der Waals surface area contributed by atoms with Crippen molar-refractivity contribution in [1.29, 1.82) is 0 Å². The zero-order chi connectivity index (χ0) is 17.1. The fraction of sp³-hybridized carbons (Fsp3) is 0.158. The molecule has 0 aliphatic carbocycles. The Bertz CT molecular complexity index is 870. The Morgan fingerprint density at radius 2 is 1.88 bits per heavy atom. The van der Waals surface area contributed by atoms with E-state index in [2.05, 4.69) is 10.4 Å². The van der Waals surface area contributed by atoms with Crippen LogP contribution in [0.1, 0.15) is 16.1 Å². The van der Waals surface area contributed by atoms with E-state index in [-0.39, 0.29) is 5.91 Å². The molecule has 1 aromatic heterocycles. The minimum absolute atomic E-state index is 0.228. The van der Waals surface area contributed by atoms with Gasteiger partial charge in [-0.3, -0.25) is 9.48 Å². The molecule has 0 radical (unpaired) electrons. The molecule has 0 saturated carbocycles. The van der Waals surface area contributed by atoms with Crippen molar-refractivity contribution in [1.82, 2.24) is 9.78 Å². The second-order valence-corrected chi connectivity index (χ2v) is 5.54. The van der Waals surface area contributed by atoms with Crippen LogP contribution in [0.15, 0.2) is 54.6 Å². The zero-order valence-electron chi connectivity index (χ0n) is 13.9. The van der Waals surface area contributed by atoms with Crippen LogP contribution in [0.4, 0.5) is 5.69 Å². The highest BCUT2D eigenvalue weighted by Crippen LogP contribution is 2.26. The fourth-order valence-electron chi connectivity index (χ4n) is 2.60. The number of hydrogen-bond donors (Lipinski definition) is 1. The molecule has 0 spiro atoms. The molecule has 122 valence electrons. The van der Waals surface area contributed by atoms with Crippen molar-refractivity contribution in [2.24, 2.45) is 7.05 Å². The Labute approximate surface area is 140 Å². The molecule has 3 aromatic rings. The van der Waals surface area contributed by atoms with Crippen molar-refractivity contribution in [2.75, 3.05) is 12.4 Å². The van der Waals surface area contributed by atoms with Gasteiger partial charge in [0.2, 0.25) is 0 Å². The molecule has 1 N–H and O–H groups in total. The van der Waals surface area contributed by atoms with Crippen molar-refractivity contribution in [3.8, 4) is 17.0 Å². The Morgan fingerprint density at radius 1 is 1.12 bits per heavy atom. The molecule has 0 unspecified atom stereocenters. The Morgan fingerprint density at radius 3 is 2.54 bits per heavy atom. The van der Waals surface area contributed by atoms with E-state index in [1.807, 2.05) is 62.5 Å². The average Bonchev–Trinajstić information content (AvgIpc) is 2.98. The maximum Gasteiger partial charge on any atom is 0.276 e. The molecule has 1 amide bonds. The summed E-state index contributed by atoms with van der Waals surface area (Å²) in [6.45, 7) is 1.99. The van der Waals surface area contributed by atoms with Gasteiger partial charge in [0.05, 0.1) is 12.8 Å². The number of hydrogen-bond acceptors (Lipinski definition) is 3. The van der Waals surface area contributed by atoms with Crippen LogP contribution >= 0.6 is 0 Å². The van der Waals surface area contributed by atoms with E-state index >= 15 is 0 Å². The lowest BCUT2D eigenvalue weighted by Crippen LogP contribution is -2.12. The number of nitrogens with one attached hydrogen (secondary N) is 1. The molecule has 24 heavy (non-hydrogen) atoms. The molecule has 1 heterocycles. The van der Waals surface area contributed by atoms with Crippen LogP contribution in [0.5, 0.6) is 5.75 Å². The Balaban J connectivity index is 1.87. The van der Waals surface area contributed by atoms with Gasteiger partial charge in [-0.1, -0.05) is 18.2 Å². The molecule has 5 heteroatoms. The van der Waals surface area contributed by atoms with Crippen LogP contribution in [0, 0.1) is 6.92 Å². The predicted molar refractivity (Wildman–Crippen MR) is 94.3 cm³/mol. The third kappa shape index (κ3) is 3.15. The molecule has 0 aliphatic heterocycles. The van der Waals surface area contributed by atoms with E-state index in [4.69, 9.17) is 4.74 Å². The highest BCUT2D eigenvalue weighted by molar-refractivity contribution is 6.03. The van der Waals surface area contributed by atoms with Crippen LogP contribution < -0.4 is 10.1 Å². The number of amides is 1. The van der Waals surface area contributed by atoms with Crippen LogP contribution in [-0.2, 0) is 7.05 Å². The van der Waals surface area contributed by atoms with Crippen molar-refractivity contribution in [3.05, 3.63) is 65.9 Å². The number of methoxy groups -OCH3 is 1. The van der Waals surface area contributed by atoms with Gasteiger partial charge in [0.1, 0.15) is 5.75 Å². The third-order valence-electron chi connectivity index (χ3n) is 3.83. The van der Waals surface area contributed by atoms with Gasteiger partial charge in [-0.05, 0) is 48.9 Å². The minimum Gasteiger partial charge on any atom is -0.496 e. The van der Waals surface area contributed by atoms with E-state index < -0.39 is 0 Å². The van der Waals surface area contributed by atoms with Crippen LogP contribution in [0.3, 0.4) is 0 Å². The summed E-state index contributed by atoms with van der Waals surface area (Å²) in [6, 6.07) is 17.0. The summed E-state index contributed by atoms with van der Waals surface area (Å²) in [5.41, 5.74) is 4.02. The lowest BCUT2D eigenvalue weighted by molar-refractivity contribution is 0.102. The molecule has 0 atom stereocenters. The summed E-state index contributed by atoms with van der Waals surface area (Å²) in [5.74, 6) is 0.608. The normalized spacial score (nSPS) is 10.5. The zero-order valence-corrected chi connectivity index (χ0v) is 13.9. The second-order valence-electron chi connectivity index (χ2n) is 5.54. The number of aromatic nitrogens is 2. The third-order valence-corrected chi connectivity index (χ3v) is 3.83. The van der Waals surface area contributed by atoms with Crippen molar-refractivity contribution in [2.45, 2.75) is 6.92 Å². The predicted octanol–water partition coefficient (Wildman–Crippen LogP) is 3.66. The van der Waals surface area contributed by atoms with Crippen molar-refractivity contribution in [3.63, 3.8) is 0 Å². The molecule has 5 nitrogen and oxygen atoms in total. The number of rotatable bonds is 4. The van der Waals surface area contributed by atoms with E-state index in [0.717, 1.165) is 28.3 Å². The first-order valence-electron chi connectivity index (χ1n) is 7.64. The van der Waals surface area contributed by atoms with Gasteiger partial charge in [0.25, 0.3) is 5.91 Å². The van der Waals surface area contributed by atoms with Gasteiger partial charge in [-0.25, -0.2) is 0 Å². The Kier molecular flexibility index (Phi) is 4.33. The highest BCUT2D eigenvalue weighted by atomic mass is 16.5. The topological polar surface area (TPSA) is 56.1 Å². The van der Waals surface area contributed by atoms with Gasteiger partial charge in [0.15, 0.2) is 5.69 Å².